The van der Waals surface area contributed by atoms with Crippen molar-refractivity contribution in [2.75, 3.05) is 39.9 Å². The third-order valence-electron chi connectivity index (χ3n) is 6.35. The summed E-state index contributed by atoms with van der Waals surface area (Å²) >= 11 is 0. The average Bonchev–Trinajstić information content (AvgIpc) is 2.68. The molecule has 0 unspecified atom stereocenters. The van der Waals surface area contributed by atoms with Crippen LogP contribution in [0.3, 0.4) is 0 Å². The number of hydrogen-bond donors (Lipinski definition) is 1. The highest BCUT2D eigenvalue weighted by atomic mass is 16.5. The van der Waals surface area contributed by atoms with E-state index in [-0.39, 0.29) is 5.41 Å². The molecule has 2 fully saturated rings. The molecule has 2 saturated heterocycles. The topological polar surface area (TPSA) is 35.9 Å². The summed E-state index contributed by atoms with van der Waals surface area (Å²) in [5, 5.41) is 10.1. The maximum atomic E-state index is 10.1. The lowest BCUT2D eigenvalue weighted by atomic mass is 9.69. The van der Waals surface area contributed by atoms with Crippen molar-refractivity contribution in [3.8, 4) is 5.75 Å². The number of piperidine rings is 2. The normalized spacial score (nSPS) is 26.4. The van der Waals surface area contributed by atoms with Crippen LogP contribution in [0, 0.1) is 5.41 Å². The minimum atomic E-state index is 0.0971. The third-order valence-corrected chi connectivity index (χ3v) is 6.35. The zero-order valence-electron chi connectivity index (χ0n) is 16.7. The van der Waals surface area contributed by atoms with E-state index in [0.29, 0.717) is 19.3 Å². The smallest absolute Gasteiger partial charge is 0.123 e. The zero-order valence-corrected chi connectivity index (χ0v) is 16.7. The predicted molar refractivity (Wildman–Crippen MR) is 111 cm³/mol. The van der Waals surface area contributed by atoms with Crippen molar-refractivity contribution in [2.45, 2.75) is 38.3 Å². The van der Waals surface area contributed by atoms with E-state index in [9.17, 15) is 5.11 Å². The summed E-state index contributed by atoms with van der Waals surface area (Å²) < 4.78 is 5.78. The summed E-state index contributed by atoms with van der Waals surface area (Å²) in [6.07, 6.45) is 7.94. The van der Waals surface area contributed by atoms with E-state index in [1.807, 2.05) is 6.08 Å². The van der Waals surface area contributed by atoms with Gasteiger partial charge in [-0.2, -0.15) is 0 Å². The van der Waals surface area contributed by atoms with Gasteiger partial charge in [0, 0.05) is 24.5 Å². The predicted octanol–water partition coefficient (Wildman–Crippen LogP) is 3.26. The van der Waals surface area contributed by atoms with Gasteiger partial charge in [-0.15, -0.1) is 6.58 Å². The molecule has 0 spiro atoms. The van der Waals surface area contributed by atoms with Gasteiger partial charge < -0.3 is 14.7 Å². The molecule has 0 saturated carbocycles. The Bertz CT molecular complexity index is 660. The van der Waals surface area contributed by atoms with Gasteiger partial charge in [0.25, 0.3) is 0 Å². The van der Waals surface area contributed by atoms with Crippen molar-refractivity contribution in [1.82, 2.24) is 9.80 Å². The van der Waals surface area contributed by atoms with Gasteiger partial charge in [0.2, 0.25) is 0 Å². The second-order valence-electron chi connectivity index (χ2n) is 8.14. The fourth-order valence-electron chi connectivity index (χ4n) is 4.81. The van der Waals surface area contributed by atoms with Crippen molar-refractivity contribution < 1.29 is 9.84 Å². The number of likely N-dealkylation sites (N-methyl/N-ethyl adjacent to an activating group) is 1. The summed E-state index contributed by atoms with van der Waals surface area (Å²) in [5.74, 6) is 0.920. The van der Waals surface area contributed by atoms with Crippen LogP contribution in [0.15, 0.2) is 43.5 Å². The van der Waals surface area contributed by atoms with E-state index in [0.717, 1.165) is 51.2 Å². The van der Waals surface area contributed by atoms with Crippen molar-refractivity contribution in [2.24, 2.45) is 5.41 Å². The Morgan fingerprint density at radius 2 is 2.11 bits per heavy atom. The zero-order chi connectivity index (χ0) is 19.3. The summed E-state index contributed by atoms with van der Waals surface area (Å²) in [7, 11) is 2.21. The number of fused-ring (bicyclic) bond motifs is 1. The molecule has 0 aliphatic carbocycles. The lowest BCUT2D eigenvalue weighted by Gasteiger charge is -2.53. The van der Waals surface area contributed by atoms with Crippen molar-refractivity contribution in [3.63, 3.8) is 0 Å². The Morgan fingerprint density at radius 3 is 2.85 bits per heavy atom. The first kappa shape index (κ1) is 20.1. The first-order valence-corrected chi connectivity index (χ1v) is 10.1. The van der Waals surface area contributed by atoms with Crippen LogP contribution >= 0.6 is 0 Å². The van der Waals surface area contributed by atoms with Crippen molar-refractivity contribution in [1.29, 1.82) is 0 Å². The van der Waals surface area contributed by atoms with E-state index in [2.05, 4.69) is 48.2 Å². The van der Waals surface area contributed by atoms with Crippen LogP contribution in [0.25, 0.3) is 0 Å². The fraction of sp³-hybridized carbons (Fsp3) is 0.565. The first-order chi connectivity index (χ1) is 13.1. The third kappa shape index (κ3) is 4.45. The highest BCUT2D eigenvalue weighted by Crippen LogP contribution is 2.41. The van der Waals surface area contributed by atoms with Gasteiger partial charge >= 0.3 is 0 Å². The largest absolute Gasteiger partial charge is 0.489 e. The molecular formula is C23H34N2O2. The standard InChI is InChI=1S/C23H34N2O2/c1-4-7-20-15-19(8-9-21(20)27-14-5-2)16-25-13-11-23(18-26)10-6-12-24(3)22(23)17-25/h4-5,8-9,15,22,26H,1-2,6-7,10-14,16-18H2,3H3/t22-,23-/m1/s1. The summed E-state index contributed by atoms with van der Waals surface area (Å²) in [5.41, 5.74) is 2.59. The number of hydrogen-bond acceptors (Lipinski definition) is 4. The van der Waals surface area contributed by atoms with Gasteiger partial charge in [-0.1, -0.05) is 30.9 Å². The number of nitrogens with zero attached hydrogens (tertiary/aromatic N) is 2. The van der Waals surface area contributed by atoms with E-state index < -0.39 is 0 Å². The van der Waals surface area contributed by atoms with Crippen LogP contribution in [0.5, 0.6) is 5.75 Å². The Morgan fingerprint density at radius 1 is 1.26 bits per heavy atom. The summed E-state index contributed by atoms with van der Waals surface area (Å²) in [6, 6.07) is 6.95. The van der Waals surface area contributed by atoms with E-state index in [4.69, 9.17) is 4.74 Å². The van der Waals surface area contributed by atoms with Crippen molar-refractivity contribution >= 4 is 0 Å². The SMILES string of the molecule is C=CCOc1ccc(CN2CC[C@@]3(CO)CCCN(C)[C@@H]3C2)cc1CC=C. The van der Waals surface area contributed by atoms with Crippen LogP contribution in [0.4, 0.5) is 0 Å². The van der Waals surface area contributed by atoms with Gasteiger partial charge in [-0.3, -0.25) is 4.90 Å². The molecule has 4 heteroatoms. The highest BCUT2D eigenvalue weighted by Gasteiger charge is 2.46. The molecule has 0 bridgehead atoms. The molecule has 2 atom stereocenters. The fourth-order valence-corrected chi connectivity index (χ4v) is 4.81. The van der Waals surface area contributed by atoms with Gasteiger partial charge in [-0.25, -0.2) is 0 Å². The Labute approximate surface area is 164 Å². The van der Waals surface area contributed by atoms with Crippen LogP contribution < -0.4 is 4.74 Å². The molecule has 2 aliphatic heterocycles. The van der Waals surface area contributed by atoms with E-state index >= 15 is 0 Å². The Balaban J connectivity index is 1.71. The number of rotatable bonds is 8. The minimum absolute atomic E-state index is 0.0971. The number of allylic oxidation sites excluding steroid dienone is 1. The average molecular weight is 371 g/mol. The molecule has 3 rings (SSSR count). The lowest BCUT2D eigenvalue weighted by Crippen LogP contribution is -2.61. The molecule has 0 radical (unpaired) electrons. The quantitative estimate of drug-likeness (QED) is 0.713. The summed E-state index contributed by atoms with van der Waals surface area (Å²) in [6.45, 7) is 12.6. The van der Waals surface area contributed by atoms with Gasteiger partial charge in [-0.05, 0) is 63.0 Å². The Kier molecular flexibility index (Phi) is 6.74. The second kappa shape index (κ2) is 9.05. The van der Waals surface area contributed by atoms with E-state index in [1.165, 1.54) is 17.5 Å². The highest BCUT2D eigenvalue weighted by molar-refractivity contribution is 5.38. The van der Waals surface area contributed by atoms with Crippen LogP contribution in [-0.4, -0.2) is 60.8 Å². The number of benzene rings is 1. The number of ether oxygens (including phenoxy) is 1. The molecule has 2 aliphatic rings. The monoisotopic (exact) mass is 370 g/mol. The Hall–Kier alpha value is -1.62. The molecule has 0 aromatic heterocycles. The van der Waals surface area contributed by atoms with Crippen molar-refractivity contribution in [3.05, 3.63) is 54.6 Å². The number of likely N-dealkylation sites (tertiary alicyclic amines) is 2. The molecule has 2 heterocycles. The van der Waals surface area contributed by atoms with Gasteiger partial charge in [0.15, 0.2) is 0 Å². The molecule has 4 nitrogen and oxygen atoms in total. The van der Waals surface area contributed by atoms with Crippen LogP contribution in [0.2, 0.25) is 0 Å². The molecule has 1 N–H and O–H groups in total. The second-order valence-corrected chi connectivity index (χ2v) is 8.14. The minimum Gasteiger partial charge on any atom is -0.489 e. The number of aliphatic hydroxyl groups is 1. The van der Waals surface area contributed by atoms with Crippen LogP contribution in [0.1, 0.15) is 30.4 Å². The van der Waals surface area contributed by atoms with Gasteiger partial charge in [0.1, 0.15) is 12.4 Å². The van der Waals surface area contributed by atoms with Crippen LogP contribution in [-0.2, 0) is 13.0 Å². The first-order valence-electron chi connectivity index (χ1n) is 10.1. The molecule has 27 heavy (non-hydrogen) atoms. The molecule has 148 valence electrons. The number of aliphatic hydroxyl groups excluding tert-OH is 1. The van der Waals surface area contributed by atoms with E-state index in [1.54, 1.807) is 6.08 Å². The maximum absolute atomic E-state index is 10.1. The molecular weight excluding hydrogens is 336 g/mol. The molecule has 1 aromatic carbocycles. The molecule has 0 amide bonds. The van der Waals surface area contributed by atoms with Gasteiger partial charge in [0.05, 0.1) is 6.61 Å². The summed E-state index contributed by atoms with van der Waals surface area (Å²) in [4.78, 5) is 5.00. The maximum Gasteiger partial charge on any atom is 0.123 e. The molecule has 1 aromatic rings. The lowest BCUT2D eigenvalue weighted by molar-refractivity contribution is -0.0684.